The Bertz CT molecular complexity index is 664. The van der Waals surface area contributed by atoms with Crippen LogP contribution in [0.25, 0.3) is 21.9 Å². The normalized spacial score (nSPS) is 11.5. The van der Waals surface area contributed by atoms with E-state index in [0.29, 0.717) is 11.8 Å². The van der Waals surface area contributed by atoms with Crippen molar-refractivity contribution in [3.8, 4) is 0 Å². The maximum Gasteiger partial charge on any atom is 0.194 e. The van der Waals surface area contributed by atoms with Crippen molar-refractivity contribution in [1.29, 1.82) is 0 Å². The maximum absolute atomic E-state index is 5.72. The molecule has 0 unspecified atom stereocenters. The van der Waals surface area contributed by atoms with Gasteiger partial charge in [-0.05, 0) is 19.1 Å². The molecule has 0 amide bonds. The van der Waals surface area contributed by atoms with Gasteiger partial charge in [0.1, 0.15) is 11.2 Å². The van der Waals surface area contributed by atoms with Gasteiger partial charge in [0.15, 0.2) is 11.8 Å². The first-order valence-corrected chi connectivity index (χ1v) is 4.63. The summed E-state index contributed by atoms with van der Waals surface area (Å²) >= 11 is 0. The summed E-state index contributed by atoms with van der Waals surface area (Å²) in [4.78, 5) is 0. The molecule has 0 saturated carbocycles. The summed E-state index contributed by atoms with van der Waals surface area (Å²) in [6.45, 7) is 1.92. The molecule has 0 aliphatic rings. The van der Waals surface area contributed by atoms with E-state index in [1.807, 2.05) is 19.1 Å². The average Bonchev–Trinajstić information content (AvgIpc) is 2.68. The lowest BCUT2D eigenvalue weighted by atomic mass is 10.1. The van der Waals surface area contributed by atoms with Crippen LogP contribution < -0.4 is 11.5 Å². The van der Waals surface area contributed by atoms with E-state index in [-0.39, 0.29) is 0 Å². The van der Waals surface area contributed by atoms with Gasteiger partial charge in [-0.1, -0.05) is 0 Å². The van der Waals surface area contributed by atoms with Crippen LogP contribution in [0, 0.1) is 6.92 Å². The number of fused-ring (bicyclic) bond motifs is 3. The number of nitrogens with two attached hydrogens (primary N) is 2. The molecule has 0 atom stereocenters. The minimum atomic E-state index is 0.400. The molecule has 2 aromatic heterocycles. The van der Waals surface area contributed by atoms with Gasteiger partial charge in [-0.25, -0.2) is 0 Å². The minimum absolute atomic E-state index is 0.400. The Hall–Kier alpha value is -2.10. The number of anilines is 2. The van der Waals surface area contributed by atoms with Crippen molar-refractivity contribution in [1.82, 2.24) is 0 Å². The SMILES string of the molecule is Cc1c(N)oc2ccc3oc(N)cc3c12. The highest BCUT2D eigenvalue weighted by Gasteiger charge is 2.13. The monoisotopic (exact) mass is 202 g/mol. The van der Waals surface area contributed by atoms with Gasteiger partial charge in [0.2, 0.25) is 0 Å². The molecule has 0 fully saturated rings. The fraction of sp³-hybridized carbons (Fsp3) is 0.0909. The fourth-order valence-corrected chi connectivity index (χ4v) is 1.90. The predicted octanol–water partition coefficient (Wildman–Crippen LogP) is 2.65. The molecule has 1 aromatic carbocycles. The van der Waals surface area contributed by atoms with Crippen molar-refractivity contribution >= 4 is 33.7 Å². The maximum atomic E-state index is 5.72. The van der Waals surface area contributed by atoms with Gasteiger partial charge in [0, 0.05) is 22.4 Å². The lowest BCUT2D eigenvalue weighted by molar-refractivity contribution is 0.631. The molecule has 4 nitrogen and oxygen atoms in total. The summed E-state index contributed by atoms with van der Waals surface area (Å²) in [6.07, 6.45) is 0. The molecule has 4 N–H and O–H groups in total. The molecule has 0 spiro atoms. The van der Waals surface area contributed by atoms with Crippen LogP contribution in [0.15, 0.2) is 27.0 Å². The quantitative estimate of drug-likeness (QED) is 0.587. The first-order valence-electron chi connectivity index (χ1n) is 4.63. The second-order valence-corrected chi connectivity index (χ2v) is 3.59. The van der Waals surface area contributed by atoms with E-state index in [9.17, 15) is 0 Å². The predicted molar refractivity (Wildman–Crippen MR) is 59.5 cm³/mol. The highest BCUT2D eigenvalue weighted by atomic mass is 16.4. The van der Waals surface area contributed by atoms with E-state index in [1.54, 1.807) is 6.07 Å². The minimum Gasteiger partial charge on any atom is -0.441 e. The molecule has 15 heavy (non-hydrogen) atoms. The number of benzene rings is 1. The Morgan fingerprint density at radius 2 is 1.80 bits per heavy atom. The van der Waals surface area contributed by atoms with Crippen LogP contribution in [0.3, 0.4) is 0 Å². The van der Waals surface area contributed by atoms with Gasteiger partial charge in [-0.2, -0.15) is 0 Å². The second kappa shape index (κ2) is 2.48. The van der Waals surface area contributed by atoms with Crippen molar-refractivity contribution in [3.05, 3.63) is 23.8 Å². The van der Waals surface area contributed by atoms with Crippen LogP contribution in [0.2, 0.25) is 0 Å². The number of hydrogen-bond acceptors (Lipinski definition) is 4. The van der Waals surface area contributed by atoms with Crippen LogP contribution in [0.4, 0.5) is 11.8 Å². The van der Waals surface area contributed by atoms with Crippen molar-refractivity contribution in [3.63, 3.8) is 0 Å². The van der Waals surface area contributed by atoms with Crippen molar-refractivity contribution < 1.29 is 8.83 Å². The van der Waals surface area contributed by atoms with Gasteiger partial charge in [-0.3, -0.25) is 0 Å². The Kier molecular flexibility index (Phi) is 1.36. The average molecular weight is 202 g/mol. The van der Waals surface area contributed by atoms with Gasteiger partial charge < -0.3 is 20.3 Å². The zero-order valence-electron chi connectivity index (χ0n) is 8.20. The Balaban J connectivity index is 2.62. The summed E-state index contributed by atoms with van der Waals surface area (Å²) < 4.78 is 10.7. The lowest BCUT2D eigenvalue weighted by Crippen LogP contribution is -1.81. The Labute approximate surface area is 85.4 Å². The highest BCUT2D eigenvalue weighted by molar-refractivity contribution is 6.08. The highest BCUT2D eigenvalue weighted by Crippen LogP contribution is 2.35. The smallest absolute Gasteiger partial charge is 0.194 e. The molecular formula is C11H10N2O2. The molecule has 76 valence electrons. The molecule has 0 bridgehead atoms. The summed E-state index contributed by atoms with van der Waals surface area (Å²) in [5.74, 6) is 0.842. The molecule has 0 aliphatic carbocycles. The van der Waals surface area contributed by atoms with Gasteiger partial charge in [0.25, 0.3) is 0 Å². The fourth-order valence-electron chi connectivity index (χ4n) is 1.90. The second-order valence-electron chi connectivity index (χ2n) is 3.59. The topological polar surface area (TPSA) is 78.3 Å². The molecule has 3 rings (SSSR count). The first-order chi connectivity index (χ1) is 7.16. The van der Waals surface area contributed by atoms with Crippen LogP contribution in [-0.4, -0.2) is 0 Å². The molecule has 0 radical (unpaired) electrons. The van der Waals surface area contributed by atoms with Crippen molar-refractivity contribution in [2.24, 2.45) is 0 Å². The van der Waals surface area contributed by atoms with Gasteiger partial charge in [0.05, 0.1) is 0 Å². The summed E-state index contributed by atoms with van der Waals surface area (Å²) in [7, 11) is 0. The number of rotatable bonds is 0. The molecule has 3 aromatic rings. The van der Waals surface area contributed by atoms with Crippen LogP contribution in [0.5, 0.6) is 0 Å². The Morgan fingerprint density at radius 1 is 1.07 bits per heavy atom. The van der Waals surface area contributed by atoms with Crippen LogP contribution in [0.1, 0.15) is 5.56 Å². The van der Waals surface area contributed by atoms with E-state index in [4.69, 9.17) is 20.3 Å². The van der Waals surface area contributed by atoms with Crippen LogP contribution in [-0.2, 0) is 0 Å². The zero-order chi connectivity index (χ0) is 10.6. The number of aryl methyl sites for hydroxylation is 1. The third-order valence-electron chi connectivity index (χ3n) is 2.65. The third kappa shape index (κ3) is 0.958. The Morgan fingerprint density at radius 3 is 2.60 bits per heavy atom. The molecule has 2 heterocycles. The number of hydrogen-bond donors (Lipinski definition) is 2. The molecule has 4 heteroatoms. The van der Waals surface area contributed by atoms with Gasteiger partial charge in [-0.15, -0.1) is 0 Å². The van der Waals surface area contributed by atoms with Crippen molar-refractivity contribution in [2.75, 3.05) is 11.5 Å². The molecular weight excluding hydrogens is 192 g/mol. The summed E-state index contributed by atoms with van der Waals surface area (Å²) in [5, 5.41) is 1.92. The van der Waals surface area contributed by atoms with E-state index in [2.05, 4.69) is 0 Å². The summed E-state index contributed by atoms with van der Waals surface area (Å²) in [6, 6.07) is 5.46. The standard InChI is InChI=1S/C11H10N2O2/c1-5-10-6-4-9(12)14-7(6)2-3-8(10)15-11(5)13/h2-4H,12-13H2,1H3. The lowest BCUT2D eigenvalue weighted by Gasteiger charge is -1.90. The third-order valence-corrected chi connectivity index (χ3v) is 2.65. The first kappa shape index (κ1) is 8.23. The number of nitrogen functional groups attached to an aromatic ring is 2. The van der Waals surface area contributed by atoms with E-state index in [1.165, 1.54) is 0 Å². The van der Waals surface area contributed by atoms with Gasteiger partial charge >= 0.3 is 0 Å². The van der Waals surface area contributed by atoms with E-state index >= 15 is 0 Å². The van der Waals surface area contributed by atoms with Crippen LogP contribution >= 0.6 is 0 Å². The molecule has 0 aliphatic heterocycles. The van der Waals surface area contributed by atoms with Crippen molar-refractivity contribution in [2.45, 2.75) is 6.92 Å². The van der Waals surface area contributed by atoms with E-state index < -0.39 is 0 Å². The molecule has 0 saturated heterocycles. The van der Waals surface area contributed by atoms with E-state index in [0.717, 1.165) is 27.5 Å². The largest absolute Gasteiger partial charge is 0.441 e. The zero-order valence-corrected chi connectivity index (χ0v) is 8.20. The summed E-state index contributed by atoms with van der Waals surface area (Å²) in [5.41, 5.74) is 13.8. The number of furan rings is 2.